The number of hydrogen-bond donors (Lipinski definition) is 2. The fourth-order valence-corrected chi connectivity index (χ4v) is 4.74. The molecule has 0 aliphatic heterocycles. The van der Waals surface area contributed by atoms with E-state index in [9.17, 15) is 9.59 Å². The summed E-state index contributed by atoms with van der Waals surface area (Å²) >= 11 is 2.70. The van der Waals surface area contributed by atoms with Crippen LogP contribution in [-0.4, -0.2) is 37.3 Å². The molecule has 0 spiro atoms. The largest absolute Gasteiger partial charge is 0.325 e. The van der Waals surface area contributed by atoms with Gasteiger partial charge in [0.05, 0.1) is 22.4 Å². The van der Waals surface area contributed by atoms with Crippen molar-refractivity contribution >= 4 is 55.9 Å². The Bertz CT molecular complexity index is 1230. The molecule has 4 rings (SSSR count). The first-order chi connectivity index (χ1) is 15.5. The summed E-state index contributed by atoms with van der Waals surface area (Å²) in [5.74, 6) is 0.363. The van der Waals surface area contributed by atoms with Gasteiger partial charge in [0, 0.05) is 12.7 Å². The third-order valence-electron chi connectivity index (χ3n) is 4.79. The van der Waals surface area contributed by atoms with Crippen molar-refractivity contribution in [2.24, 2.45) is 7.05 Å². The zero-order valence-electron chi connectivity index (χ0n) is 17.7. The Morgan fingerprint density at radius 1 is 1.03 bits per heavy atom. The van der Waals surface area contributed by atoms with Crippen LogP contribution in [-0.2, 0) is 29.5 Å². The fourth-order valence-electron chi connectivity index (χ4n) is 3.12. The second kappa shape index (κ2) is 9.92. The molecule has 0 fully saturated rings. The average molecular weight is 467 g/mol. The number of benzene rings is 2. The lowest BCUT2D eigenvalue weighted by Gasteiger charge is -2.09. The third kappa shape index (κ3) is 5.14. The number of thioether (sulfide) groups is 1. The first-order valence-corrected chi connectivity index (χ1v) is 11.9. The summed E-state index contributed by atoms with van der Waals surface area (Å²) in [7, 11) is 1.79. The number of carbonyl (C=O) groups excluding carboxylic acids is 2. The Morgan fingerprint density at radius 2 is 1.81 bits per heavy atom. The maximum Gasteiger partial charge on any atom is 0.236 e. The molecular formula is C22H22N6O2S2. The zero-order valence-corrected chi connectivity index (χ0v) is 19.3. The molecule has 0 saturated carbocycles. The minimum Gasteiger partial charge on any atom is -0.325 e. The van der Waals surface area contributed by atoms with E-state index in [0.717, 1.165) is 27.9 Å². The van der Waals surface area contributed by atoms with Crippen LogP contribution >= 0.6 is 23.1 Å². The van der Waals surface area contributed by atoms with Gasteiger partial charge in [-0.1, -0.05) is 60.4 Å². The number of nitrogens with zero attached hydrogens (tertiary/aromatic N) is 4. The van der Waals surface area contributed by atoms with Crippen molar-refractivity contribution in [2.45, 2.75) is 24.9 Å². The molecule has 164 valence electrons. The standard InChI is InChI=1S/C22H22N6O2S2/c1-3-14-8-4-5-9-15(14)23-19(29)12-18-26-27-22(28(18)2)31-13-20(30)25-21-24-16-10-6-7-11-17(16)32-21/h4-11H,3,12-13H2,1-2H3,(H,23,29)(H,24,25,30). The highest BCUT2D eigenvalue weighted by Crippen LogP contribution is 2.26. The number of nitrogens with one attached hydrogen (secondary N) is 2. The number of fused-ring (bicyclic) bond motifs is 1. The first kappa shape index (κ1) is 22.0. The Labute approximate surface area is 193 Å². The molecule has 2 amide bonds. The van der Waals surface area contributed by atoms with Crippen LogP contribution in [0.2, 0.25) is 0 Å². The maximum atomic E-state index is 12.5. The van der Waals surface area contributed by atoms with Gasteiger partial charge in [0.2, 0.25) is 11.8 Å². The lowest BCUT2D eigenvalue weighted by Crippen LogP contribution is -2.18. The van der Waals surface area contributed by atoms with E-state index in [4.69, 9.17) is 0 Å². The number of rotatable bonds is 8. The van der Waals surface area contributed by atoms with Gasteiger partial charge in [-0.3, -0.25) is 9.59 Å². The van der Waals surface area contributed by atoms with Gasteiger partial charge in [-0.25, -0.2) is 4.98 Å². The molecule has 0 aliphatic rings. The molecule has 0 saturated heterocycles. The van der Waals surface area contributed by atoms with E-state index < -0.39 is 0 Å². The van der Waals surface area contributed by atoms with Crippen molar-refractivity contribution in [3.63, 3.8) is 0 Å². The second-order valence-electron chi connectivity index (χ2n) is 7.02. The van der Waals surface area contributed by atoms with Gasteiger partial charge < -0.3 is 15.2 Å². The predicted octanol–water partition coefficient (Wildman–Crippen LogP) is 3.90. The minimum absolute atomic E-state index is 0.0972. The first-order valence-electron chi connectivity index (χ1n) is 10.1. The number of thiazole rings is 1. The molecule has 2 heterocycles. The second-order valence-corrected chi connectivity index (χ2v) is 8.99. The third-order valence-corrected chi connectivity index (χ3v) is 6.76. The van der Waals surface area contributed by atoms with E-state index in [-0.39, 0.29) is 24.0 Å². The molecule has 0 unspecified atom stereocenters. The average Bonchev–Trinajstić information content (AvgIpc) is 3.35. The quantitative estimate of drug-likeness (QED) is 0.382. The highest BCUT2D eigenvalue weighted by atomic mass is 32.2. The number of aryl methyl sites for hydroxylation is 1. The molecule has 32 heavy (non-hydrogen) atoms. The highest BCUT2D eigenvalue weighted by molar-refractivity contribution is 7.99. The van der Waals surface area contributed by atoms with Gasteiger partial charge in [-0.2, -0.15) is 0 Å². The van der Waals surface area contributed by atoms with Crippen molar-refractivity contribution in [1.82, 2.24) is 19.7 Å². The van der Waals surface area contributed by atoms with Gasteiger partial charge in [0.25, 0.3) is 0 Å². The van der Waals surface area contributed by atoms with Gasteiger partial charge in [0.15, 0.2) is 10.3 Å². The highest BCUT2D eigenvalue weighted by Gasteiger charge is 2.16. The van der Waals surface area contributed by atoms with Gasteiger partial charge in [0.1, 0.15) is 5.82 Å². The summed E-state index contributed by atoms with van der Waals surface area (Å²) in [6.07, 6.45) is 0.931. The normalized spacial score (nSPS) is 10.9. The van der Waals surface area contributed by atoms with Crippen LogP contribution in [0.25, 0.3) is 10.2 Å². The van der Waals surface area contributed by atoms with Crippen LogP contribution in [0.15, 0.2) is 53.7 Å². The monoisotopic (exact) mass is 466 g/mol. The van der Waals surface area contributed by atoms with Crippen molar-refractivity contribution in [3.8, 4) is 0 Å². The molecule has 0 bridgehead atoms. The van der Waals surface area contributed by atoms with Crippen LogP contribution in [0.5, 0.6) is 0 Å². The van der Waals surface area contributed by atoms with Crippen LogP contribution in [0.3, 0.4) is 0 Å². The zero-order chi connectivity index (χ0) is 22.5. The molecule has 2 aromatic carbocycles. The summed E-state index contributed by atoms with van der Waals surface area (Å²) in [5, 5.41) is 15.1. The van der Waals surface area contributed by atoms with Crippen LogP contribution < -0.4 is 10.6 Å². The topological polar surface area (TPSA) is 102 Å². The molecule has 8 nitrogen and oxygen atoms in total. The predicted molar refractivity (Wildman–Crippen MR) is 128 cm³/mol. The number of para-hydroxylation sites is 2. The van der Waals surface area contributed by atoms with Crippen LogP contribution in [0.4, 0.5) is 10.8 Å². The molecule has 2 N–H and O–H groups in total. The summed E-state index contributed by atoms with van der Waals surface area (Å²) in [6, 6.07) is 15.5. The fraction of sp³-hybridized carbons (Fsp3) is 0.227. The molecule has 0 atom stereocenters. The molecule has 10 heteroatoms. The molecule has 0 radical (unpaired) electrons. The van der Waals surface area contributed by atoms with Crippen LogP contribution in [0, 0.1) is 0 Å². The van der Waals surface area contributed by atoms with Crippen LogP contribution in [0.1, 0.15) is 18.3 Å². The Morgan fingerprint density at radius 3 is 2.62 bits per heavy atom. The number of anilines is 2. The Hall–Kier alpha value is -3.24. The minimum atomic E-state index is -0.174. The molecular weight excluding hydrogens is 444 g/mol. The molecule has 4 aromatic rings. The Balaban J connectivity index is 1.32. The summed E-state index contributed by atoms with van der Waals surface area (Å²) in [6.45, 7) is 2.05. The molecule has 2 aromatic heterocycles. The van der Waals surface area contributed by atoms with E-state index >= 15 is 0 Å². The number of carbonyl (C=O) groups is 2. The van der Waals surface area contributed by atoms with Crippen molar-refractivity contribution < 1.29 is 9.59 Å². The summed E-state index contributed by atoms with van der Waals surface area (Å²) in [4.78, 5) is 29.2. The van der Waals surface area contributed by atoms with Gasteiger partial charge >= 0.3 is 0 Å². The lowest BCUT2D eigenvalue weighted by molar-refractivity contribution is -0.116. The SMILES string of the molecule is CCc1ccccc1NC(=O)Cc1nnc(SCC(=O)Nc2nc3ccccc3s2)n1C. The smallest absolute Gasteiger partial charge is 0.236 e. The van der Waals surface area contributed by atoms with Crippen molar-refractivity contribution in [2.75, 3.05) is 16.4 Å². The van der Waals surface area contributed by atoms with E-state index in [1.165, 1.54) is 23.1 Å². The summed E-state index contributed by atoms with van der Waals surface area (Å²) < 4.78 is 2.76. The lowest BCUT2D eigenvalue weighted by atomic mass is 10.1. The number of amides is 2. The van der Waals surface area contributed by atoms with Crippen molar-refractivity contribution in [1.29, 1.82) is 0 Å². The van der Waals surface area contributed by atoms with E-state index in [1.54, 1.807) is 11.6 Å². The van der Waals surface area contributed by atoms with Gasteiger partial charge in [-0.05, 0) is 30.2 Å². The van der Waals surface area contributed by atoms with E-state index in [2.05, 4.69) is 25.8 Å². The van der Waals surface area contributed by atoms with Gasteiger partial charge in [-0.15, -0.1) is 10.2 Å². The van der Waals surface area contributed by atoms with Crippen molar-refractivity contribution in [3.05, 3.63) is 59.9 Å². The maximum absolute atomic E-state index is 12.5. The molecule has 0 aliphatic carbocycles. The number of hydrogen-bond acceptors (Lipinski definition) is 7. The Kier molecular flexibility index (Phi) is 6.81. The number of aromatic nitrogens is 4. The van der Waals surface area contributed by atoms with E-state index in [1.807, 2.05) is 55.5 Å². The summed E-state index contributed by atoms with van der Waals surface area (Å²) in [5.41, 5.74) is 2.75. The van der Waals surface area contributed by atoms with E-state index in [0.29, 0.717) is 16.1 Å².